The van der Waals surface area contributed by atoms with Crippen molar-refractivity contribution in [2.24, 2.45) is 11.8 Å². The summed E-state index contributed by atoms with van der Waals surface area (Å²) in [5, 5.41) is 2.82. The lowest BCUT2D eigenvalue weighted by atomic mass is 9.78. The number of nitrogens with zero attached hydrogens (tertiary/aromatic N) is 1. The molecule has 1 aliphatic carbocycles. The second-order valence-electron chi connectivity index (χ2n) is 6.65. The molecule has 8 heteroatoms. The SMILES string of the molecule is Nc1ccc(C(=O)OC(=O)C2CCCCC2C(=O)Nc2ccccn2)c(Cl)c1. The van der Waals surface area contributed by atoms with Crippen LogP contribution in [0.1, 0.15) is 36.0 Å². The molecule has 0 saturated heterocycles. The van der Waals surface area contributed by atoms with Gasteiger partial charge in [-0.2, -0.15) is 0 Å². The number of esters is 2. The summed E-state index contributed by atoms with van der Waals surface area (Å²) in [4.78, 5) is 41.7. The third kappa shape index (κ3) is 4.67. The van der Waals surface area contributed by atoms with Crippen LogP contribution in [0.4, 0.5) is 11.5 Å². The Morgan fingerprint density at radius 3 is 2.54 bits per heavy atom. The van der Waals surface area contributed by atoms with E-state index in [9.17, 15) is 14.4 Å². The van der Waals surface area contributed by atoms with Crippen LogP contribution in [0.3, 0.4) is 0 Å². The number of pyridine rings is 1. The third-order valence-corrected chi connectivity index (χ3v) is 5.04. The average molecular weight is 402 g/mol. The molecule has 3 N–H and O–H groups in total. The monoisotopic (exact) mass is 401 g/mol. The molecule has 1 saturated carbocycles. The summed E-state index contributed by atoms with van der Waals surface area (Å²) in [6.07, 6.45) is 4.18. The van der Waals surface area contributed by atoms with Crippen molar-refractivity contribution >= 4 is 41.0 Å². The van der Waals surface area contributed by atoms with Crippen LogP contribution >= 0.6 is 11.6 Å². The first-order valence-electron chi connectivity index (χ1n) is 8.98. The number of hydrogen-bond donors (Lipinski definition) is 2. The fourth-order valence-electron chi connectivity index (χ4n) is 3.30. The molecule has 28 heavy (non-hydrogen) atoms. The van der Waals surface area contributed by atoms with Crippen molar-refractivity contribution in [2.75, 3.05) is 11.1 Å². The molecule has 2 atom stereocenters. The number of hydrogen-bond acceptors (Lipinski definition) is 6. The Morgan fingerprint density at radius 1 is 1.11 bits per heavy atom. The Labute approximate surface area is 167 Å². The van der Waals surface area contributed by atoms with Crippen LogP contribution in [-0.2, 0) is 14.3 Å². The minimum absolute atomic E-state index is 0.0505. The van der Waals surface area contributed by atoms with Crippen LogP contribution in [0.2, 0.25) is 5.02 Å². The molecule has 3 rings (SSSR count). The van der Waals surface area contributed by atoms with E-state index in [0.717, 1.165) is 12.8 Å². The largest absolute Gasteiger partial charge is 0.399 e. The molecule has 1 aromatic carbocycles. The van der Waals surface area contributed by atoms with Gasteiger partial charge in [-0.25, -0.2) is 9.78 Å². The average Bonchev–Trinajstić information content (AvgIpc) is 2.68. The summed E-state index contributed by atoms with van der Waals surface area (Å²) in [5.41, 5.74) is 6.05. The lowest BCUT2D eigenvalue weighted by Gasteiger charge is -2.28. The van der Waals surface area contributed by atoms with E-state index in [-0.39, 0.29) is 16.5 Å². The van der Waals surface area contributed by atoms with E-state index in [1.54, 1.807) is 24.4 Å². The highest BCUT2D eigenvalue weighted by atomic mass is 35.5. The zero-order valence-corrected chi connectivity index (χ0v) is 15.8. The fraction of sp³-hybridized carbons (Fsp3) is 0.300. The highest BCUT2D eigenvalue weighted by Crippen LogP contribution is 2.32. The van der Waals surface area contributed by atoms with E-state index in [1.807, 2.05) is 0 Å². The van der Waals surface area contributed by atoms with E-state index in [1.165, 1.54) is 18.2 Å². The second-order valence-corrected chi connectivity index (χ2v) is 7.06. The Hall–Kier alpha value is -2.93. The number of nitrogens with one attached hydrogen (secondary N) is 1. The Kier molecular flexibility index (Phi) is 6.26. The van der Waals surface area contributed by atoms with Gasteiger partial charge in [0.25, 0.3) is 0 Å². The Bertz CT molecular complexity index is 888. The zero-order chi connectivity index (χ0) is 20.1. The van der Waals surface area contributed by atoms with Gasteiger partial charge in [-0.1, -0.05) is 30.5 Å². The maximum atomic E-state index is 12.7. The number of aromatic nitrogens is 1. The molecule has 1 aliphatic rings. The summed E-state index contributed by atoms with van der Waals surface area (Å²) >= 11 is 6.00. The van der Waals surface area contributed by atoms with Gasteiger partial charge in [0.15, 0.2) is 0 Å². The number of amides is 1. The molecule has 0 aliphatic heterocycles. The summed E-state index contributed by atoms with van der Waals surface area (Å²) in [6.45, 7) is 0. The number of halogens is 1. The minimum atomic E-state index is -0.857. The predicted octanol–water partition coefficient (Wildman–Crippen LogP) is 3.45. The van der Waals surface area contributed by atoms with E-state index in [4.69, 9.17) is 22.1 Å². The van der Waals surface area contributed by atoms with Crippen molar-refractivity contribution in [1.82, 2.24) is 4.98 Å². The number of carbonyl (C=O) groups excluding carboxylic acids is 3. The van der Waals surface area contributed by atoms with Gasteiger partial charge in [0.2, 0.25) is 5.91 Å². The first kappa shape index (κ1) is 19.8. The number of carbonyl (C=O) groups is 3. The van der Waals surface area contributed by atoms with Gasteiger partial charge < -0.3 is 15.8 Å². The fourth-order valence-corrected chi connectivity index (χ4v) is 3.57. The predicted molar refractivity (Wildman–Crippen MR) is 105 cm³/mol. The highest BCUT2D eigenvalue weighted by Gasteiger charge is 2.38. The van der Waals surface area contributed by atoms with Crippen molar-refractivity contribution < 1.29 is 19.1 Å². The molecule has 7 nitrogen and oxygen atoms in total. The molecule has 146 valence electrons. The second kappa shape index (κ2) is 8.84. The van der Waals surface area contributed by atoms with Gasteiger partial charge in [-0.3, -0.25) is 9.59 Å². The molecular weight excluding hydrogens is 382 g/mol. The maximum absolute atomic E-state index is 12.7. The molecule has 0 radical (unpaired) electrons. The van der Waals surface area contributed by atoms with Gasteiger partial charge in [0.1, 0.15) is 5.82 Å². The molecule has 1 amide bonds. The van der Waals surface area contributed by atoms with E-state index >= 15 is 0 Å². The van der Waals surface area contributed by atoms with Gasteiger partial charge in [-0.05, 0) is 43.2 Å². The van der Waals surface area contributed by atoms with Gasteiger partial charge >= 0.3 is 11.9 Å². The van der Waals surface area contributed by atoms with Crippen LogP contribution in [0, 0.1) is 11.8 Å². The Balaban J connectivity index is 1.69. The van der Waals surface area contributed by atoms with Crippen LogP contribution in [0.5, 0.6) is 0 Å². The normalized spacial score (nSPS) is 18.9. The third-order valence-electron chi connectivity index (χ3n) is 4.73. The number of ether oxygens (including phenoxy) is 1. The molecular formula is C20H20ClN3O4. The van der Waals surface area contributed by atoms with E-state index < -0.39 is 23.8 Å². The first-order chi connectivity index (χ1) is 13.5. The van der Waals surface area contributed by atoms with Gasteiger partial charge in [0.05, 0.1) is 22.4 Å². The number of rotatable bonds is 4. The van der Waals surface area contributed by atoms with Crippen molar-refractivity contribution in [3.05, 3.63) is 53.2 Å². The quantitative estimate of drug-likeness (QED) is 0.461. The van der Waals surface area contributed by atoms with Crippen LogP contribution in [0.25, 0.3) is 0 Å². The summed E-state index contributed by atoms with van der Waals surface area (Å²) in [7, 11) is 0. The summed E-state index contributed by atoms with van der Waals surface area (Å²) in [5.74, 6) is -2.76. The minimum Gasteiger partial charge on any atom is -0.399 e. The molecule has 1 fully saturated rings. The number of benzene rings is 1. The van der Waals surface area contributed by atoms with E-state index in [2.05, 4.69) is 10.3 Å². The molecule has 2 unspecified atom stereocenters. The topological polar surface area (TPSA) is 111 Å². The van der Waals surface area contributed by atoms with Crippen molar-refractivity contribution in [2.45, 2.75) is 25.7 Å². The van der Waals surface area contributed by atoms with Gasteiger partial charge in [-0.15, -0.1) is 0 Å². The molecule has 0 bridgehead atoms. The standard InChI is InChI=1S/C20H20ClN3O4/c21-16-11-12(22)8-9-15(16)20(27)28-19(26)14-6-2-1-5-13(14)18(25)24-17-7-3-4-10-23-17/h3-4,7-11,13-14H,1-2,5-6,22H2,(H,23,24,25). The van der Waals surface area contributed by atoms with Crippen LogP contribution in [-0.4, -0.2) is 22.8 Å². The summed E-state index contributed by atoms with van der Waals surface area (Å²) < 4.78 is 5.03. The lowest BCUT2D eigenvalue weighted by molar-refractivity contribution is -0.148. The zero-order valence-electron chi connectivity index (χ0n) is 15.1. The smallest absolute Gasteiger partial charge is 0.347 e. The van der Waals surface area contributed by atoms with Crippen molar-refractivity contribution in [1.29, 1.82) is 0 Å². The Morgan fingerprint density at radius 2 is 1.86 bits per heavy atom. The highest BCUT2D eigenvalue weighted by molar-refractivity contribution is 6.34. The summed E-state index contributed by atoms with van der Waals surface area (Å²) in [6, 6.07) is 9.47. The van der Waals surface area contributed by atoms with Crippen LogP contribution in [0.15, 0.2) is 42.6 Å². The van der Waals surface area contributed by atoms with Crippen LogP contribution < -0.4 is 11.1 Å². The number of nitrogens with two attached hydrogens (primary N) is 1. The molecule has 2 aromatic rings. The molecule has 1 aromatic heterocycles. The van der Waals surface area contributed by atoms with E-state index in [0.29, 0.717) is 24.3 Å². The lowest BCUT2D eigenvalue weighted by Crippen LogP contribution is -2.37. The molecule has 1 heterocycles. The first-order valence-corrected chi connectivity index (χ1v) is 9.36. The van der Waals surface area contributed by atoms with Crippen molar-refractivity contribution in [3.63, 3.8) is 0 Å². The molecule has 0 spiro atoms. The maximum Gasteiger partial charge on any atom is 0.347 e. The number of anilines is 2. The van der Waals surface area contributed by atoms with Gasteiger partial charge in [0, 0.05) is 11.9 Å². The number of nitrogen functional groups attached to an aromatic ring is 1. The van der Waals surface area contributed by atoms with Crippen molar-refractivity contribution in [3.8, 4) is 0 Å².